The van der Waals surface area contributed by atoms with Crippen LogP contribution in [-0.2, 0) is 0 Å². The highest BCUT2D eigenvalue weighted by atomic mass is 27.2. The van der Waals surface area contributed by atoms with Gasteiger partial charge in [-0.25, -0.2) is 0 Å². The molecule has 3 nitrogen and oxygen atoms in total. The zero-order valence-electron chi connectivity index (χ0n) is 1.97. The van der Waals surface area contributed by atoms with Gasteiger partial charge >= 0.3 is 15.9 Å². The lowest BCUT2D eigenvalue weighted by atomic mass is 15.8. The van der Waals surface area contributed by atoms with Crippen LogP contribution in [0.5, 0.6) is 0 Å². The molecule has 4 heteroatoms. The monoisotopic (exact) mass is 79.0 g/mol. The van der Waals surface area contributed by atoms with Gasteiger partial charge in [-0.15, -0.1) is 0 Å². The molecule has 0 aliphatic carbocycles. The Hall–Kier alpha value is 0.412. The summed E-state index contributed by atoms with van der Waals surface area (Å²) in [7, 11) is 0. The highest BCUT2D eigenvalue weighted by Crippen LogP contribution is 1.08. The fourth-order valence-corrected chi connectivity index (χ4v) is 0. The van der Waals surface area contributed by atoms with E-state index < -0.39 is 15.9 Å². The number of hydrogen-bond acceptors (Lipinski definition) is 2. The van der Waals surface area contributed by atoms with E-state index in [0.29, 0.717) is 0 Å². The number of hydrogen-bond donors (Lipinski definition) is 2. The van der Waals surface area contributed by atoms with Gasteiger partial charge < -0.3 is 13.8 Å². The van der Waals surface area contributed by atoms with Crippen LogP contribution >= 0.6 is 0 Å². The summed E-state index contributed by atoms with van der Waals surface area (Å²) in [5.41, 5.74) is 0. The quantitative estimate of drug-likeness (QED) is 0.320. The van der Waals surface area contributed by atoms with Crippen molar-refractivity contribution in [2.45, 2.75) is 0 Å². The van der Waals surface area contributed by atoms with Gasteiger partial charge in [0.1, 0.15) is 0 Å². The van der Waals surface area contributed by atoms with Crippen LogP contribution in [0.4, 0.5) is 0 Å². The van der Waals surface area contributed by atoms with Crippen molar-refractivity contribution in [2.24, 2.45) is 0 Å². The van der Waals surface area contributed by atoms with Crippen LogP contribution in [0, 0.1) is 0 Å². The molecule has 0 aromatic rings. The summed E-state index contributed by atoms with van der Waals surface area (Å²) in [5, 5.41) is 0. The average Bonchev–Trinajstić information content (AvgIpc) is 0.918. The fourth-order valence-electron chi connectivity index (χ4n) is 0. The van der Waals surface area contributed by atoms with E-state index in [2.05, 4.69) is 0 Å². The van der Waals surface area contributed by atoms with Gasteiger partial charge in [0.25, 0.3) is 0 Å². The van der Waals surface area contributed by atoms with Crippen LogP contribution in [0.3, 0.4) is 0 Å². The Kier molecular flexibility index (Phi) is 22.0. The van der Waals surface area contributed by atoms with Gasteiger partial charge in [0, 0.05) is 0 Å². The minimum Gasteiger partial charge on any atom is -0.499 e. The summed E-state index contributed by atoms with van der Waals surface area (Å²) in [6.07, 6.45) is 0. The Morgan fingerprint density at radius 3 is 1.25 bits per heavy atom. The Bertz CT molecular complexity index is 3.25. The Morgan fingerprint density at radius 1 is 1.25 bits per heavy atom. The first kappa shape index (κ1) is 8.83. The van der Waals surface area contributed by atoms with Crippen molar-refractivity contribution in [3.05, 3.63) is 0 Å². The highest BCUT2D eigenvalue weighted by molar-refractivity contribution is 6.13. The van der Waals surface area contributed by atoms with Crippen molar-refractivity contribution in [3.63, 3.8) is 0 Å². The molecule has 0 aromatic carbocycles. The molecular formula is H4AlO3. The standard InChI is InChI=1S/Al.3H2O/h;3*1H2/q+2;;;/p-2. The highest BCUT2D eigenvalue weighted by Gasteiger charge is 1.61. The van der Waals surface area contributed by atoms with Crippen molar-refractivity contribution in [1.29, 1.82) is 0 Å². The predicted molar refractivity (Wildman–Crippen MR) is 13.8 cm³/mol. The molecule has 4 N–H and O–H groups in total. The maximum atomic E-state index is 7.21. The third-order valence-electron chi connectivity index (χ3n) is 0. The molecule has 0 spiro atoms. The van der Waals surface area contributed by atoms with Gasteiger partial charge in [0.05, 0.1) is 0 Å². The first-order chi connectivity index (χ1) is 1.41. The van der Waals surface area contributed by atoms with E-state index >= 15 is 0 Å². The molecule has 0 aliphatic heterocycles. The lowest BCUT2D eigenvalue weighted by Gasteiger charge is -1.45. The fraction of sp³-hybridized carbons (Fsp3) is 0. The van der Waals surface area contributed by atoms with E-state index in [-0.39, 0.29) is 5.48 Å². The topological polar surface area (TPSA) is 72.0 Å². The molecular weight excluding hydrogens is 75.0 g/mol. The van der Waals surface area contributed by atoms with Crippen LogP contribution in [0.2, 0.25) is 0 Å². The average molecular weight is 79.0 g/mol. The second-order valence-electron chi connectivity index (χ2n) is 0.115. The molecule has 1 radical (unpaired) electrons. The van der Waals surface area contributed by atoms with Crippen LogP contribution < -0.4 is 0 Å². The number of rotatable bonds is 0. The van der Waals surface area contributed by atoms with E-state index in [1.807, 2.05) is 0 Å². The molecule has 25 valence electrons. The molecule has 0 unspecified atom stereocenters. The summed E-state index contributed by atoms with van der Waals surface area (Å²) in [6.45, 7) is 0. The summed E-state index contributed by atoms with van der Waals surface area (Å²) in [6, 6.07) is 0. The molecule has 0 saturated heterocycles. The van der Waals surface area contributed by atoms with Crippen LogP contribution in [0.25, 0.3) is 0 Å². The van der Waals surface area contributed by atoms with E-state index in [9.17, 15) is 0 Å². The maximum absolute atomic E-state index is 7.21. The van der Waals surface area contributed by atoms with Crippen molar-refractivity contribution < 1.29 is 13.8 Å². The largest absolute Gasteiger partial charge is 0.662 e. The molecule has 0 bridgehead atoms. The second-order valence-corrected chi connectivity index (χ2v) is 0.346. The van der Waals surface area contributed by atoms with Crippen molar-refractivity contribution in [2.75, 3.05) is 0 Å². The lowest BCUT2D eigenvalue weighted by Crippen LogP contribution is -1.75. The molecule has 4 heavy (non-hydrogen) atoms. The van der Waals surface area contributed by atoms with Gasteiger partial charge in [-0.2, -0.15) is 0 Å². The third kappa shape index (κ3) is 28.3. The normalized spacial score (nSPS) is 3.50. The minimum absolute atomic E-state index is 0. The third-order valence-corrected chi connectivity index (χ3v) is 0. The summed E-state index contributed by atoms with van der Waals surface area (Å²) in [5.74, 6) is 0. The molecule has 0 rings (SSSR count). The Balaban J connectivity index is 0. The summed E-state index contributed by atoms with van der Waals surface area (Å²) < 4.78 is 14.4. The molecule has 0 saturated carbocycles. The smallest absolute Gasteiger partial charge is 0.499 e. The van der Waals surface area contributed by atoms with Crippen LogP contribution in [0.15, 0.2) is 0 Å². The summed E-state index contributed by atoms with van der Waals surface area (Å²) >= 11 is -1.25. The minimum atomic E-state index is -1.25. The van der Waals surface area contributed by atoms with E-state index in [1.54, 1.807) is 0 Å². The van der Waals surface area contributed by atoms with Gasteiger partial charge in [-0.05, 0) is 0 Å². The van der Waals surface area contributed by atoms with Crippen molar-refractivity contribution >= 4 is 15.9 Å². The first-order valence-corrected chi connectivity index (χ1v) is 1.55. The maximum Gasteiger partial charge on any atom is 0.662 e. The van der Waals surface area contributed by atoms with Crippen LogP contribution in [0.1, 0.15) is 0 Å². The van der Waals surface area contributed by atoms with E-state index in [1.165, 1.54) is 0 Å². The SMILES string of the molecule is O.[OH][Al][OH]. The zero-order valence-corrected chi connectivity index (χ0v) is 3.13. The molecule has 0 aliphatic rings. The van der Waals surface area contributed by atoms with Gasteiger partial charge in [0.15, 0.2) is 0 Å². The van der Waals surface area contributed by atoms with Gasteiger partial charge in [-0.1, -0.05) is 0 Å². The summed E-state index contributed by atoms with van der Waals surface area (Å²) in [4.78, 5) is 0. The predicted octanol–water partition coefficient (Wildman–Crippen LogP) is -2.32. The first-order valence-electron chi connectivity index (χ1n) is 0.516. The van der Waals surface area contributed by atoms with Gasteiger partial charge in [0.2, 0.25) is 0 Å². The van der Waals surface area contributed by atoms with Gasteiger partial charge in [-0.3, -0.25) is 0 Å². The second kappa shape index (κ2) is 9.95. The van der Waals surface area contributed by atoms with Crippen molar-refractivity contribution in [1.82, 2.24) is 0 Å². The van der Waals surface area contributed by atoms with E-state index in [0.717, 1.165) is 0 Å². The molecule has 0 amide bonds. The molecule has 0 atom stereocenters. The Labute approximate surface area is 30.6 Å². The van der Waals surface area contributed by atoms with E-state index in [4.69, 9.17) is 8.32 Å². The molecule has 0 aromatic heterocycles. The zero-order chi connectivity index (χ0) is 2.71. The molecule has 0 heterocycles. The van der Waals surface area contributed by atoms with Crippen LogP contribution in [-0.4, -0.2) is 29.7 Å². The Morgan fingerprint density at radius 2 is 1.25 bits per heavy atom. The lowest BCUT2D eigenvalue weighted by molar-refractivity contribution is 0.448. The van der Waals surface area contributed by atoms with Crippen molar-refractivity contribution in [3.8, 4) is 0 Å². The molecule has 0 fully saturated rings.